The summed E-state index contributed by atoms with van der Waals surface area (Å²) in [6.45, 7) is 5.94. The second-order valence-corrected chi connectivity index (χ2v) is 7.47. The third-order valence-corrected chi connectivity index (χ3v) is 4.77. The van der Waals surface area contributed by atoms with Crippen LogP contribution < -0.4 is 9.64 Å². The molecule has 1 amide bonds. The van der Waals surface area contributed by atoms with E-state index in [1.165, 1.54) is 6.07 Å². The van der Waals surface area contributed by atoms with E-state index in [-0.39, 0.29) is 29.4 Å². The van der Waals surface area contributed by atoms with Gasteiger partial charge in [0.15, 0.2) is 23.2 Å². The highest BCUT2D eigenvalue weighted by atomic mass is 19.2. The van der Waals surface area contributed by atoms with E-state index in [4.69, 9.17) is 4.74 Å². The first-order chi connectivity index (χ1) is 14.2. The van der Waals surface area contributed by atoms with Crippen LogP contribution in [0.25, 0.3) is 0 Å². The van der Waals surface area contributed by atoms with Crippen molar-refractivity contribution in [3.05, 3.63) is 71.0 Å². The maximum atomic E-state index is 13.9. The Morgan fingerprint density at radius 3 is 2.53 bits per heavy atom. The topological polar surface area (TPSA) is 66.8 Å². The zero-order valence-electron chi connectivity index (χ0n) is 17.0. The van der Waals surface area contributed by atoms with E-state index in [2.05, 4.69) is 0 Å². The van der Waals surface area contributed by atoms with E-state index in [0.29, 0.717) is 17.9 Å². The fraction of sp³-hybridized carbons (Fsp3) is 0.304. The number of carbonyl (C=O) groups is 2. The molecule has 1 unspecified atom stereocenters. The average molecular weight is 415 g/mol. The quantitative estimate of drug-likeness (QED) is 0.700. The second kappa shape index (κ2) is 8.65. The van der Waals surface area contributed by atoms with E-state index in [0.717, 1.165) is 17.0 Å². The molecule has 0 fully saturated rings. The number of hydrogen-bond acceptors (Lipinski definition) is 4. The lowest BCUT2D eigenvalue weighted by atomic mass is 9.92. The fourth-order valence-corrected chi connectivity index (χ4v) is 3.53. The number of carbonyl (C=O) groups excluding carboxylic acids is 2. The van der Waals surface area contributed by atoms with Gasteiger partial charge in [-0.2, -0.15) is 0 Å². The molecule has 0 spiro atoms. The van der Waals surface area contributed by atoms with Crippen LogP contribution in [0.4, 0.5) is 14.5 Å². The highest BCUT2D eigenvalue weighted by Gasteiger charge is 2.44. The Kier molecular flexibility index (Phi) is 6.20. The molecule has 0 radical (unpaired) electrons. The summed E-state index contributed by atoms with van der Waals surface area (Å²) in [6.07, 6.45) is 0.125. The van der Waals surface area contributed by atoms with Crippen LogP contribution in [0.15, 0.2) is 53.8 Å². The summed E-state index contributed by atoms with van der Waals surface area (Å²) in [7, 11) is 0. The zero-order chi connectivity index (χ0) is 22.0. The van der Waals surface area contributed by atoms with E-state index >= 15 is 0 Å². The minimum atomic E-state index is -1.14. The van der Waals surface area contributed by atoms with Crippen molar-refractivity contribution in [1.82, 2.24) is 0 Å². The first kappa shape index (κ1) is 21.5. The lowest BCUT2D eigenvalue weighted by Gasteiger charge is -2.27. The summed E-state index contributed by atoms with van der Waals surface area (Å²) >= 11 is 0. The van der Waals surface area contributed by atoms with Crippen molar-refractivity contribution in [2.24, 2.45) is 5.92 Å². The van der Waals surface area contributed by atoms with Crippen LogP contribution in [0.3, 0.4) is 0 Å². The molecule has 0 saturated heterocycles. The third kappa shape index (κ3) is 4.06. The maximum Gasteiger partial charge on any atom is 0.294 e. The standard InChI is InChI=1S/C23H23F2NO4/c1-4-30-16-7-5-6-14(11-16)21-20(19(27)10-13(2)3)22(28)23(29)26(21)15-8-9-17(24)18(25)12-15/h5-9,11-13,21,28H,4,10H2,1-3H3. The van der Waals surface area contributed by atoms with Crippen LogP contribution in [0, 0.1) is 17.6 Å². The number of halogens is 2. The van der Waals surface area contributed by atoms with Gasteiger partial charge in [0.2, 0.25) is 0 Å². The van der Waals surface area contributed by atoms with Gasteiger partial charge in [-0.15, -0.1) is 0 Å². The number of aliphatic hydroxyl groups excluding tert-OH is 1. The molecule has 1 atom stereocenters. The molecule has 7 heteroatoms. The minimum Gasteiger partial charge on any atom is -0.503 e. The van der Waals surface area contributed by atoms with Crippen molar-refractivity contribution in [3.8, 4) is 5.75 Å². The number of ether oxygens (including phenoxy) is 1. The summed E-state index contributed by atoms with van der Waals surface area (Å²) in [5.74, 6) is -3.59. The van der Waals surface area contributed by atoms with Gasteiger partial charge in [-0.1, -0.05) is 26.0 Å². The number of rotatable bonds is 7. The van der Waals surface area contributed by atoms with Crippen LogP contribution in [-0.4, -0.2) is 23.4 Å². The molecule has 3 rings (SSSR count). The summed E-state index contributed by atoms with van der Waals surface area (Å²) in [5, 5.41) is 10.6. The van der Waals surface area contributed by atoms with Crippen molar-refractivity contribution in [1.29, 1.82) is 0 Å². The van der Waals surface area contributed by atoms with Crippen molar-refractivity contribution in [3.63, 3.8) is 0 Å². The Hall–Kier alpha value is -3.22. The number of hydrogen-bond donors (Lipinski definition) is 1. The SMILES string of the molecule is CCOc1cccc(C2C(C(=O)CC(C)C)=C(O)C(=O)N2c2ccc(F)c(F)c2)c1. The third-order valence-electron chi connectivity index (χ3n) is 4.77. The molecule has 5 nitrogen and oxygen atoms in total. The molecule has 158 valence electrons. The van der Waals surface area contributed by atoms with Gasteiger partial charge < -0.3 is 9.84 Å². The summed E-state index contributed by atoms with van der Waals surface area (Å²) in [6, 6.07) is 8.79. The number of Topliss-reactive ketones (excluding diaryl/α,β-unsaturated/α-hetero) is 1. The largest absolute Gasteiger partial charge is 0.503 e. The second-order valence-electron chi connectivity index (χ2n) is 7.47. The van der Waals surface area contributed by atoms with Gasteiger partial charge in [0.05, 0.1) is 18.2 Å². The van der Waals surface area contributed by atoms with Crippen LogP contribution >= 0.6 is 0 Å². The van der Waals surface area contributed by atoms with Gasteiger partial charge in [0.25, 0.3) is 5.91 Å². The number of aliphatic hydroxyl groups is 1. The van der Waals surface area contributed by atoms with Gasteiger partial charge in [-0.3, -0.25) is 14.5 Å². The summed E-state index contributed by atoms with van der Waals surface area (Å²) < 4.78 is 32.9. The number of nitrogens with zero attached hydrogens (tertiary/aromatic N) is 1. The van der Waals surface area contributed by atoms with Gasteiger partial charge >= 0.3 is 0 Å². The fourth-order valence-electron chi connectivity index (χ4n) is 3.53. The lowest BCUT2D eigenvalue weighted by Crippen LogP contribution is -2.31. The molecule has 1 aliphatic heterocycles. The van der Waals surface area contributed by atoms with E-state index in [1.54, 1.807) is 24.3 Å². The highest BCUT2D eigenvalue weighted by molar-refractivity contribution is 6.16. The normalized spacial score (nSPS) is 16.5. The molecule has 0 aromatic heterocycles. The molecule has 0 aliphatic carbocycles. The number of amides is 1. The molecule has 1 N–H and O–H groups in total. The predicted molar refractivity (Wildman–Crippen MR) is 108 cm³/mol. The Morgan fingerprint density at radius 1 is 1.17 bits per heavy atom. The molecule has 1 heterocycles. The van der Waals surface area contributed by atoms with E-state index in [1.807, 2.05) is 20.8 Å². The molecule has 2 aromatic carbocycles. The number of benzene rings is 2. The van der Waals surface area contributed by atoms with Crippen LogP contribution in [0.5, 0.6) is 5.75 Å². The molecular formula is C23H23F2NO4. The van der Waals surface area contributed by atoms with Gasteiger partial charge in [0, 0.05) is 18.2 Å². The van der Waals surface area contributed by atoms with Crippen LogP contribution in [0.2, 0.25) is 0 Å². The first-order valence-electron chi connectivity index (χ1n) is 9.72. The van der Waals surface area contributed by atoms with Gasteiger partial charge in [-0.25, -0.2) is 8.78 Å². The number of ketones is 1. The predicted octanol–water partition coefficient (Wildman–Crippen LogP) is 4.88. The van der Waals surface area contributed by atoms with E-state index < -0.39 is 29.3 Å². The summed E-state index contributed by atoms with van der Waals surface area (Å²) in [4.78, 5) is 27.0. The molecule has 1 aliphatic rings. The Morgan fingerprint density at radius 2 is 1.90 bits per heavy atom. The van der Waals surface area contributed by atoms with Gasteiger partial charge in [-0.05, 0) is 42.7 Å². The summed E-state index contributed by atoms with van der Waals surface area (Å²) in [5.41, 5.74) is 0.479. The molecule has 30 heavy (non-hydrogen) atoms. The monoisotopic (exact) mass is 415 g/mol. The van der Waals surface area contributed by atoms with Crippen LogP contribution in [-0.2, 0) is 9.59 Å². The molecule has 0 saturated carbocycles. The van der Waals surface area contributed by atoms with Gasteiger partial charge in [0.1, 0.15) is 5.75 Å². The average Bonchev–Trinajstić information content (AvgIpc) is 2.95. The molecule has 0 bridgehead atoms. The van der Waals surface area contributed by atoms with Crippen molar-refractivity contribution in [2.75, 3.05) is 11.5 Å². The van der Waals surface area contributed by atoms with Crippen LogP contribution in [0.1, 0.15) is 38.8 Å². The Labute approximate surface area is 173 Å². The Balaban J connectivity index is 2.16. The maximum absolute atomic E-state index is 13.9. The highest BCUT2D eigenvalue weighted by Crippen LogP contribution is 2.42. The first-order valence-corrected chi connectivity index (χ1v) is 9.72. The zero-order valence-corrected chi connectivity index (χ0v) is 17.0. The smallest absolute Gasteiger partial charge is 0.294 e. The molecular weight excluding hydrogens is 392 g/mol. The van der Waals surface area contributed by atoms with E-state index in [9.17, 15) is 23.5 Å². The Bertz CT molecular complexity index is 1020. The lowest BCUT2D eigenvalue weighted by molar-refractivity contribution is -0.118. The van der Waals surface area contributed by atoms with Crippen molar-refractivity contribution >= 4 is 17.4 Å². The van der Waals surface area contributed by atoms with Crippen molar-refractivity contribution < 1.29 is 28.2 Å². The van der Waals surface area contributed by atoms with Crippen molar-refractivity contribution in [2.45, 2.75) is 33.2 Å². The number of anilines is 1. The minimum absolute atomic E-state index is 0.000580. The molecule has 2 aromatic rings.